The van der Waals surface area contributed by atoms with E-state index in [4.69, 9.17) is 11.6 Å². The smallest absolute Gasteiger partial charge is 0.0435 e. The highest BCUT2D eigenvalue weighted by Gasteiger charge is 2.10. The van der Waals surface area contributed by atoms with E-state index in [0.717, 1.165) is 6.54 Å². The number of rotatable bonds is 2. The number of likely N-dealkylation sites (tertiary alicyclic amines) is 1. The van der Waals surface area contributed by atoms with Gasteiger partial charge in [0.15, 0.2) is 0 Å². The minimum absolute atomic E-state index is 0. The zero-order valence-corrected chi connectivity index (χ0v) is 8.63. The van der Waals surface area contributed by atoms with Gasteiger partial charge in [0.25, 0.3) is 0 Å². The van der Waals surface area contributed by atoms with Gasteiger partial charge in [-0.3, -0.25) is 0 Å². The number of nitrogens with zero attached hydrogens (tertiary/aromatic N) is 1. The summed E-state index contributed by atoms with van der Waals surface area (Å²) in [6.07, 6.45) is 4.14. The molecule has 1 fully saturated rings. The monoisotopic (exact) mass is 197 g/mol. The maximum atomic E-state index is 5.87. The SMILES string of the molecule is CC(Cl)CN1CCCCC1.Cl. The van der Waals surface area contributed by atoms with Crippen LogP contribution in [0.3, 0.4) is 0 Å². The van der Waals surface area contributed by atoms with E-state index in [1.165, 1.54) is 32.4 Å². The molecule has 1 rings (SSSR count). The quantitative estimate of drug-likeness (QED) is 0.616. The van der Waals surface area contributed by atoms with Crippen LogP contribution in [0.5, 0.6) is 0 Å². The molecule has 1 atom stereocenters. The molecule has 68 valence electrons. The Bertz CT molecular complexity index is 90.1. The molecule has 1 nitrogen and oxygen atoms in total. The van der Waals surface area contributed by atoms with E-state index in [2.05, 4.69) is 11.8 Å². The van der Waals surface area contributed by atoms with Crippen molar-refractivity contribution in [1.82, 2.24) is 4.90 Å². The summed E-state index contributed by atoms with van der Waals surface area (Å²) in [5.74, 6) is 0. The van der Waals surface area contributed by atoms with Crippen LogP contribution in [0.1, 0.15) is 26.2 Å². The van der Waals surface area contributed by atoms with Crippen molar-refractivity contribution in [1.29, 1.82) is 0 Å². The van der Waals surface area contributed by atoms with E-state index in [1.807, 2.05) is 0 Å². The molecular weight excluding hydrogens is 181 g/mol. The highest BCUT2D eigenvalue weighted by molar-refractivity contribution is 6.20. The van der Waals surface area contributed by atoms with Crippen molar-refractivity contribution in [3.05, 3.63) is 0 Å². The van der Waals surface area contributed by atoms with Crippen LogP contribution in [-0.2, 0) is 0 Å². The second kappa shape index (κ2) is 6.10. The normalized spacial score (nSPS) is 22.4. The van der Waals surface area contributed by atoms with E-state index in [1.54, 1.807) is 0 Å². The Kier molecular flexibility index (Phi) is 6.40. The Hall–Kier alpha value is 0.540. The minimum Gasteiger partial charge on any atom is -0.302 e. The van der Waals surface area contributed by atoms with Gasteiger partial charge in [-0.2, -0.15) is 0 Å². The van der Waals surface area contributed by atoms with Crippen molar-refractivity contribution in [3.8, 4) is 0 Å². The summed E-state index contributed by atoms with van der Waals surface area (Å²) >= 11 is 5.87. The molecule has 0 bridgehead atoms. The average molecular weight is 198 g/mol. The van der Waals surface area contributed by atoms with Gasteiger partial charge in [0.05, 0.1) is 0 Å². The zero-order valence-electron chi connectivity index (χ0n) is 7.05. The Labute approximate surface area is 80.5 Å². The van der Waals surface area contributed by atoms with Gasteiger partial charge in [-0.25, -0.2) is 0 Å². The fraction of sp³-hybridized carbons (Fsp3) is 1.00. The topological polar surface area (TPSA) is 3.24 Å². The standard InChI is InChI=1S/C8H16ClN.ClH/c1-8(9)7-10-5-3-2-4-6-10;/h8H,2-7H2,1H3;1H. The van der Waals surface area contributed by atoms with E-state index in [0.29, 0.717) is 5.38 Å². The Balaban J connectivity index is 0.000001000. The van der Waals surface area contributed by atoms with Crippen LogP contribution in [0.25, 0.3) is 0 Å². The third-order valence-corrected chi connectivity index (χ3v) is 2.10. The first-order chi connectivity index (χ1) is 4.79. The van der Waals surface area contributed by atoms with Crippen molar-refractivity contribution in [2.75, 3.05) is 19.6 Å². The number of hydrogen-bond donors (Lipinski definition) is 0. The lowest BCUT2D eigenvalue weighted by molar-refractivity contribution is 0.231. The summed E-state index contributed by atoms with van der Waals surface area (Å²) in [5.41, 5.74) is 0. The van der Waals surface area contributed by atoms with Gasteiger partial charge in [0.1, 0.15) is 0 Å². The van der Waals surface area contributed by atoms with Gasteiger partial charge in [-0.15, -0.1) is 24.0 Å². The molecule has 0 N–H and O–H groups in total. The maximum Gasteiger partial charge on any atom is 0.0435 e. The molecule has 0 aromatic heterocycles. The van der Waals surface area contributed by atoms with Crippen LogP contribution >= 0.6 is 24.0 Å². The maximum absolute atomic E-state index is 5.87. The van der Waals surface area contributed by atoms with Crippen LogP contribution in [0.15, 0.2) is 0 Å². The molecule has 1 aliphatic rings. The lowest BCUT2D eigenvalue weighted by Crippen LogP contribution is -2.33. The first-order valence-corrected chi connectivity index (χ1v) is 4.59. The molecule has 0 amide bonds. The third kappa shape index (κ3) is 4.89. The van der Waals surface area contributed by atoms with Gasteiger partial charge >= 0.3 is 0 Å². The Morgan fingerprint density at radius 2 is 1.82 bits per heavy atom. The summed E-state index contributed by atoms with van der Waals surface area (Å²) in [6.45, 7) is 5.66. The molecule has 3 heteroatoms. The van der Waals surface area contributed by atoms with Crippen molar-refractivity contribution in [2.45, 2.75) is 31.6 Å². The largest absolute Gasteiger partial charge is 0.302 e. The number of alkyl halides is 1. The number of hydrogen-bond acceptors (Lipinski definition) is 1. The summed E-state index contributed by atoms with van der Waals surface area (Å²) < 4.78 is 0. The van der Waals surface area contributed by atoms with Crippen LogP contribution in [0, 0.1) is 0 Å². The van der Waals surface area contributed by atoms with Crippen molar-refractivity contribution in [2.24, 2.45) is 0 Å². The van der Waals surface area contributed by atoms with Crippen LogP contribution in [0.2, 0.25) is 0 Å². The minimum atomic E-state index is 0. The molecule has 0 spiro atoms. The number of piperidine rings is 1. The molecule has 0 aliphatic carbocycles. The predicted octanol–water partition coefficient (Wildman–Crippen LogP) is 2.52. The van der Waals surface area contributed by atoms with Crippen molar-refractivity contribution < 1.29 is 0 Å². The van der Waals surface area contributed by atoms with E-state index in [-0.39, 0.29) is 12.4 Å². The summed E-state index contributed by atoms with van der Waals surface area (Å²) in [5, 5.41) is 0.318. The molecule has 0 radical (unpaired) electrons. The second-order valence-corrected chi connectivity index (χ2v) is 3.89. The van der Waals surface area contributed by atoms with Crippen molar-refractivity contribution >= 4 is 24.0 Å². The predicted molar refractivity (Wildman–Crippen MR) is 52.9 cm³/mol. The molecular formula is C8H17Cl2N. The third-order valence-electron chi connectivity index (χ3n) is 1.96. The van der Waals surface area contributed by atoms with Gasteiger partial charge in [-0.05, 0) is 32.9 Å². The van der Waals surface area contributed by atoms with Gasteiger partial charge in [0, 0.05) is 11.9 Å². The first kappa shape index (κ1) is 11.5. The molecule has 11 heavy (non-hydrogen) atoms. The van der Waals surface area contributed by atoms with Gasteiger partial charge < -0.3 is 4.90 Å². The number of halogens is 2. The van der Waals surface area contributed by atoms with Crippen LogP contribution in [-0.4, -0.2) is 29.9 Å². The fourth-order valence-electron chi connectivity index (χ4n) is 1.50. The Morgan fingerprint density at radius 3 is 2.27 bits per heavy atom. The molecule has 1 unspecified atom stereocenters. The van der Waals surface area contributed by atoms with Crippen LogP contribution < -0.4 is 0 Å². The molecule has 0 aromatic carbocycles. The van der Waals surface area contributed by atoms with Crippen LogP contribution in [0.4, 0.5) is 0 Å². The summed E-state index contributed by atoms with van der Waals surface area (Å²) in [6, 6.07) is 0. The van der Waals surface area contributed by atoms with E-state index in [9.17, 15) is 0 Å². The van der Waals surface area contributed by atoms with E-state index >= 15 is 0 Å². The van der Waals surface area contributed by atoms with Gasteiger partial charge in [-0.1, -0.05) is 6.42 Å². The highest BCUT2D eigenvalue weighted by Crippen LogP contribution is 2.09. The summed E-state index contributed by atoms with van der Waals surface area (Å²) in [4.78, 5) is 2.46. The molecule has 1 saturated heterocycles. The Morgan fingerprint density at radius 1 is 1.27 bits per heavy atom. The lowest BCUT2D eigenvalue weighted by Gasteiger charge is -2.27. The lowest BCUT2D eigenvalue weighted by atomic mass is 10.1. The highest BCUT2D eigenvalue weighted by atomic mass is 35.5. The zero-order chi connectivity index (χ0) is 7.40. The molecule has 0 aromatic rings. The first-order valence-electron chi connectivity index (χ1n) is 4.15. The fourth-order valence-corrected chi connectivity index (χ4v) is 1.69. The second-order valence-electron chi connectivity index (χ2n) is 3.14. The molecule has 1 heterocycles. The summed E-state index contributed by atoms with van der Waals surface area (Å²) in [7, 11) is 0. The van der Waals surface area contributed by atoms with E-state index < -0.39 is 0 Å². The average Bonchev–Trinajstić information content (AvgIpc) is 1.88. The van der Waals surface area contributed by atoms with Gasteiger partial charge in [0.2, 0.25) is 0 Å². The molecule has 0 saturated carbocycles. The van der Waals surface area contributed by atoms with Crippen molar-refractivity contribution in [3.63, 3.8) is 0 Å². The molecule has 1 aliphatic heterocycles.